The van der Waals surface area contributed by atoms with Crippen molar-refractivity contribution >= 4 is 17.6 Å². The molecule has 0 aliphatic heterocycles. The predicted octanol–water partition coefficient (Wildman–Crippen LogP) is 7.97. The fourth-order valence-corrected chi connectivity index (χ4v) is 5.36. The third-order valence-electron chi connectivity index (χ3n) is 6.51. The van der Waals surface area contributed by atoms with Crippen LogP contribution in [0.25, 0.3) is 11.6 Å². The van der Waals surface area contributed by atoms with E-state index >= 15 is 0 Å². The van der Waals surface area contributed by atoms with E-state index in [4.69, 9.17) is 4.74 Å². The van der Waals surface area contributed by atoms with E-state index in [0.29, 0.717) is 11.5 Å². The molecular formula is C30H40O2. The van der Waals surface area contributed by atoms with Gasteiger partial charge in [0.2, 0.25) is 0 Å². The predicted molar refractivity (Wildman–Crippen MR) is 136 cm³/mol. The molecule has 2 aromatic rings. The molecule has 0 saturated carbocycles. The van der Waals surface area contributed by atoms with Crippen molar-refractivity contribution in [2.24, 2.45) is 5.92 Å². The lowest BCUT2D eigenvalue weighted by Crippen LogP contribution is -2.18. The molecule has 0 atom stereocenters. The van der Waals surface area contributed by atoms with Gasteiger partial charge in [-0.05, 0) is 95.9 Å². The molecule has 2 heteroatoms. The Morgan fingerprint density at radius 3 is 2.06 bits per heavy atom. The van der Waals surface area contributed by atoms with Crippen molar-refractivity contribution < 1.29 is 9.53 Å². The number of carbonyl (C=O) groups is 1. The minimum Gasteiger partial charge on any atom is -0.459 e. The van der Waals surface area contributed by atoms with Crippen molar-refractivity contribution in [3.63, 3.8) is 0 Å². The quantitative estimate of drug-likeness (QED) is 0.342. The van der Waals surface area contributed by atoms with E-state index in [-0.39, 0.29) is 22.9 Å². The van der Waals surface area contributed by atoms with Crippen LogP contribution in [0.2, 0.25) is 0 Å². The van der Waals surface area contributed by atoms with Crippen LogP contribution in [-0.4, -0.2) is 12.1 Å². The van der Waals surface area contributed by atoms with E-state index in [1.165, 1.54) is 34.2 Å². The molecule has 0 amide bonds. The lowest BCUT2D eigenvalue weighted by molar-refractivity contribution is 0.0378. The highest BCUT2D eigenvalue weighted by Crippen LogP contribution is 2.50. The number of benzene rings is 2. The third-order valence-corrected chi connectivity index (χ3v) is 6.51. The normalized spacial score (nSPS) is 17.0. The summed E-state index contributed by atoms with van der Waals surface area (Å²) in [6.07, 6.45) is 4.37. The first-order chi connectivity index (χ1) is 14.8. The van der Waals surface area contributed by atoms with Gasteiger partial charge in [0, 0.05) is 0 Å². The summed E-state index contributed by atoms with van der Waals surface area (Å²) in [6, 6.07) is 12.7. The number of carbonyl (C=O) groups excluding carboxylic acids is 1. The van der Waals surface area contributed by atoms with Gasteiger partial charge in [0.1, 0.15) is 0 Å². The SMILES string of the molecule is C/C(=C\c1ccc(C(=O)OC(C)C)cc1)c1cc2c(cc1CC(C)C)C(C)(C)CC2(C)C. The lowest BCUT2D eigenvalue weighted by atomic mass is 9.82. The van der Waals surface area contributed by atoms with Gasteiger partial charge in [-0.3, -0.25) is 0 Å². The number of hydrogen-bond acceptors (Lipinski definition) is 2. The standard InChI is InChI=1S/C30H40O2/c1-19(2)14-24-16-26-27(30(8,9)18-29(26,6)7)17-25(24)21(5)15-22-10-12-23(13-11-22)28(31)32-20(3)4/h10-13,15-17,19-20H,14,18H2,1-9H3/b21-15+. The van der Waals surface area contributed by atoms with Gasteiger partial charge in [-0.25, -0.2) is 4.79 Å². The number of rotatable bonds is 6. The largest absolute Gasteiger partial charge is 0.459 e. The van der Waals surface area contributed by atoms with Crippen LogP contribution in [0.4, 0.5) is 0 Å². The molecule has 0 saturated heterocycles. The topological polar surface area (TPSA) is 26.3 Å². The molecule has 0 fully saturated rings. The molecule has 0 N–H and O–H groups in total. The maximum atomic E-state index is 12.1. The summed E-state index contributed by atoms with van der Waals surface area (Å²) in [7, 11) is 0. The molecule has 3 rings (SSSR count). The summed E-state index contributed by atoms with van der Waals surface area (Å²) in [5.41, 5.74) is 9.15. The molecule has 32 heavy (non-hydrogen) atoms. The molecule has 0 bridgehead atoms. The van der Waals surface area contributed by atoms with Crippen molar-refractivity contribution in [2.75, 3.05) is 0 Å². The Kier molecular flexibility index (Phi) is 6.75. The third kappa shape index (κ3) is 5.17. The van der Waals surface area contributed by atoms with Crippen LogP contribution < -0.4 is 0 Å². The summed E-state index contributed by atoms with van der Waals surface area (Å²) < 4.78 is 5.30. The molecular weight excluding hydrogens is 392 g/mol. The Bertz CT molecular complexity index is 1020. The van der Waals surface area contributed by atoms with E-state index in [2.05, 4.69) is 66.7 Å². The second-order valence-corrected chi connectivity index (χ2v) is 11.5. The van der Waals surface area contributed by atoms with E-state index in [0.717, 1.165) is 12.0 Å². The second-order valence-electron chi connectivity index (χ2n) is 11.5. The van der Waals surface area contributed by atoms with Crippen molar-refractivity contribution in [3.8, 4) is 0 Å². The van der Waals surface area contributed by atoms with Crippen LogP contribution in [0, 0.1) is 5.92 Å². The van der Waals surface area contributed by atoms with Crippen LogP contribution in [0.1, 0.15) is 107 Å². The summed E-state index contributed by atoms with van der Waals surface area (Å²) in [5.74, 6) is 0.332. The van der Waals surface area contributed by atoms with E-state index in [1.807, 2.05) is 38.1 Å². The molecule has 0 radical (unpaired) electrons. The van der Waals surface area contributed by atoms with Gasteiger partial charge in [-0.1, -0.05) is 71.9 Å². The highest BCUT2D eigenvalue weighted by Gasteiger charge is 2.42. The average molecular weight is 433 g/mol. The minimum atomic E-state index is -0.269. The molecule has 2 nitrogen and oxygen atoms in total. The molecule has 0 heterocycles. The van der Waals surface area contributed by atoms with Gasteiger partial charge in [-0.15, -0.1) is 0 Å². The fourth-order valence-electron chi connectivity index (χ4n) is 5.36. The van der Waals surface area contributed by atoms with E-state index < -0.39 is 0 Å². The van der Waals surface area contributed by atoms with E-state index in [9.17, 15) is 4.79 Å². The zero-order chi connectivity index (χ0) is 23.8. The monoisotopic (exact) mass is 432 g/mol. The molecule has 0 aromatic heterocycles. The zero-order valence-corrected chi connectivity index (χ0v) is 21.4. The summed E-state index contributed by atoms with van der Waals surface area (Å²) in [6.45, 7) is 20.0. The van der Waals surface area contributed by atoms with Crippen molar-refractivity contribution in [3.05, 3.63) is 69.8 Å². The number of hydrogen-bond donors (Lipinski definition) is 0. The van der Waals surface area contributed by atoms with Crippen molar-refractivity contribution in [1.82, 2.24) is 0 Å². The summed E-state index contributed by atoms with van der Waals surface area (Å²) in [4.78, 5) is 12.1. The van der Waals surface area contributed by atoms with Gasteiger partial charge in [0.25, 0.3) is 0 Å². The van der Waals surface area contributed by atoms with Gasteiger partial charge < -0.3 is 4.74 Å². The first-order valence-electron chi connectivity index (χ1n) is 12.0. The van der Waals surface area contributed by atoms with Gasteiger partial charge in [0.15, 0.2) is 0 Å². The van der Waals surface area contributed by atoms with Crippen LogP contribution >= 0.6 is 0 Å². The Morgan fingerprint density at radius 2 is 1.53 bits per heavy atom. The Morgan fingerprint density at radius 1 is 0.969 bits per heavy atom. The van der Waals surface area contributed by atoms with E-state index in [1.54, 1.807) is 0 Å². The first kappa shape index (κ1) is 24.3. The second kappa shape index (κ2) is 8.89. The average Bonchev–Trinajstić information content (AvgIpc) is 2.84. The molecule has 0 spiro atoms. The maximum absolute atomic E-state index is 12.1. The Balaban J connectivity index is 2.01. The van der Waals surface area contributed by atoms with Crippen LogP contribution in [-0.2, 0) is 22.0 Å². The highest BCUT2D eigenvalue weighted by atomic mass is 16.5. The van der Waals surface area contributed by atoms with Crippen molar-refractivity contribution in [2.45, 2.75) is 92.1 Å². The van der Waals surface area contributed by atoms with Crippen molar-refractivity contribution in [1.29, 1.82) is 0 Å². The molecule has 1 aliphatic carbocycles. The summed E-state index contributed by atoms with van der Waals surface area (Å²) >= 11 is 0. The molecule has 2 aromatic carbocycles. The van der Waals surface area contributed by atoms with Crippen LogP contribution in [0.5, 0.6) is 0 Å². The van der Waals surface area contributed by atoms with Gasteiger partial charge >= 0.3 is 5.97 Å². The van der Waals surface area contributed by atoms with Gasteiger partial charge in [-0.2, -0.15) is 0 Å². The van der Waals surface area contributed by atoms with Crippen LogP contribution in [0.15, 0.2) is 36.4 Å². The smallest absolute Gasteiger partial charge is 0.338 e. The van der Waals surface area contributed by atoms with Gasteiger partial charge in [0.05, 0.1) is 11.7 Å². The number of ether oxygens (including phenoxy) is 1. The molecule has 1 aliphatic rings. The summed E-state index contributed by atoms with van der Waals surface area (Å²) in [5, 5.41) is 0. The maximum Gasteiger partial charge on any atom is 0.338 e. The first-order valence-corrected chi connectivity index (χ1v) is 12.0. The fraction of sp³-hybridized carbons (Fsp3) is 0.500. The Labute approximate surface area is 195 Å². The molecule has 0 unspecified atom stereocenters. The number of esters is 1. The number of allylic oxidation sites excluding steroid dienone is 1. The number of fused-ring (bicyclic) bond motifs is 1. The minimum absolute atomic E-state index is 0.113. The van der Waals surface area contributed by atoms with Crippen LogP contribution in [0.3, 0.4) is 0 Å². The highest BCUT2D eigenvalue weighted by molar-refractivity contribution is 5.90. The lowest BCUT2D eigenvalue weighted by Gasteiger charge is -2.22. The molecule has 172 valence electrons. The Hall–Kier alpha value is -2.35. The zero-order valence-electron chi connectivity index (χ0n) is 21.4.